The molecule has 0 saturated carbocycles. The van der Waals surface area contributed by atoms with E-state index in [0.717, 1.165) is 103 Å². The molecule has 0 saturated heterocycles. The molecule has 0 amide bonds. The molecule has 0 fully saturated rings. The number of unbranched alkanes of at least 4 members (excludes halogenated alkanes) is 36. The van der Waals surface area contributed by atoms with Gasteiger partial charge in [0, 0.05) is 132 Å². The van der Waals surface area contributed by atoms with Crippen LogP contribution in [0.5, 0.6) is 0 Å². The van der Waals surface area contributed by atoms with Crippen molar-refractivity contribution in [1.82, 2.24) is 18.3 Å². The average molecular weight is 1590 g/mol. The second-order valence-electron chi connectivity index (χ2n) is 33.3. The summed E-state index contributed by atoms with van der Waals surface area (Å²) in [5, 5.41) is 11.1. The van der Waals surface area contributed by atoms with Gasteiger partial charge in [0.25, 0.3) is 44.5 Å². The zero-order valence-corrected chi connectivity index (χ0v) is 69.3. The van der Waals surface area contributed by atoms with Crippen molar-refractivity contribution in [3.05, 3.63) is 151 Å². The van der Waals surface area contributed by atoms with Gasteiger partial charge in [-0.2, -0.15) is 0 Å². The number of aromatic nitrogens is 4. The lowest BCUT2D eigenvalue weighted by Crippen LogP contribution is -2.34. The van der Waals surface area contributed by atoms with Crippen molar-refractivity contribution >= 4 is 197 Å². The molecule has 0 aliphatic heterocycles. The van der Waals surface area contributed by atoms with E-state index in [9.17, 15) is 0 Å². The van der Waals surface area contributed by atoms with Gasteiger partial charge in [-0.1, -0.05) is 305 Å². The molecule has 15 rings (SSSR count). The molecule has 0 spiro atoms. The maximum absolute atomic E-state index is 16.2. The maximum atomic E-state index is 16.2. The van der Waals surface area contributed by atoms with Gasteiger partial charge in [0.1, 0.15) is 0 Å². The van der Waals surface area contributed by atoms with Crippen LogP contribution in [0.4, 0.5) is 0 Å². The van der Waals surface area contributed by atoms with Gasteiger partial charge in [0.2, 0.25) is 0 Å². The summed E-state index contributed by atoms with van der Waals surface area (Å²) in [6, 6.07) is 14.0. The molecule has 0 aliphatic carbocycles. The molecule has 588 valence electrons. The third-order valence-corrected chi connectivity index (χ3v) is 26.9. The molecule has 12 nitrogen and oxygen atoms in total. The zero-order chi connectivity index (χ0) is 78.2. The minimum absolute atomic E-state index is 0.154. The highest BCUT2D eigenvalue weighted by Gasteiger charge is 2.34. The van der Waals surface area contributed by atoms with Crippen LogP contribution in [-0.2, 0) is 26.2 Å². The first-order valence-electron chi connectivity index (χ1n) is 43.4. The van der Waals surface area contributed by atoms with E-state index < -0.39 is 44.5 Å². The third kappa shape index (κ3) is 14.2. The maximum Gasteiger partial charge on any atom is 0.261 e. The number of hydrogen-bond donors (Lipinski definition) is 0. The number of nitrogens with zero attached hydrogens (tertiary/aromatic N) is 4. The van der Waals surface area contributed by atoms with Gasteiger partial charge in [-0.25, -0.2) is 0 Å². The van der Waals surface area contributed by atoms with E-state index in [1.165, 1.54) is 147 Å². The van der Waals surface area contributed by atoms with Crippen molar-refractivity contribution in [2.75, 3.05) is 0 Å². The van der Waals surface area contributed by atoms with Gasteiger partial charge >= 0.3 is 0 Å². The number of hydrogen-bond acceptors (Lipinski definition) is 8. The summed E-state index contributed by atoms with van der Waals surface area (Å²) in [6.45, 7) is 9.51. The number of halogens is 4. The van der Waals surface area contributed by atoms with Crippen LogP contribution in [0.25, 0.3) is 151 Å². The lowest BCUT2D eigenvalue weighted by Gasteiger charge is -2.26. The fourth-order valence-corrected chi connectivity index (χ4v) is 21.2. The Hall–Kier alpha value is -7.48. The van der Waals surface area contributed by atoms with E-state index in [1.807, 2.05) is 24.3 Å². The zero-order valence-electron chi connectivity index (χ0n) is 66.3. The summed E-state index contributed by atoms with van der Waals surface area (Å²) in [7, 11) is 0. The predicted octanol–water partition coefficient (Wildman–Crippen LogP) is 26.3. The Bertz CT molecular complexity index is 5720. The van der Waals surface area contributed by atoms with Crippen LogP contribution in [0, 0.1) is 0 Å². The summed E-state index contributed by atoms with van der Waals surface area (Å²) >= 11 is 31.7. The van der Waals surface area contributed by atoms with E-state index >= 15 is 38.4 Å². The molecule has 15 aromatic rings. The highest BCUT2D eigenvalue weighted by Crippen LogP contribution is 2.57. The minimum Gasteiger partial charge on any atom is -0.274 e. The summed E-state index contributed by atoms with van der Waals surface area (Å²) < 4.78 is 5.39. The number of fused-ring (bicyclic) bond motifs is 4. The largest absolute Gasteiger partial charge is 0.274 e. The lowest BCUT2D eigenvalue weighted by atomic mass is 9.78. The molecule has 4 aromatic heterocycles. The van der Waals surface area contributed by atoms with Crippen LogP contribution in [0.2, 0.25) is 20.1 Å². The Morgan fingerprint density at radius 2 is 0.312 bits per heavy atom. The van der Waals surface area contributed by atoms with Gasteiger partial charge in [0.05, 0.1) is 21.5 Å². The monoisotopic (exact) mass is 1580 g/mol. The third-order valence-electron chi connectivity index (χ3n) is 25.8. The molecule has 4 heterocycles. The molecule has 11 aromatic carbocycles. The number of benzene rings is 10. The van der Waals surface area contributed by atoms with E-state index in [0.29, 0.717) is 133 Å². The Morgan fingerprint density at radius 1 is 0.170 bits per heavy atom. The quantitative estimate of drug-likeness (QED) is 0.0208. The number of pyridine rings is 4. The standard InChI is InChI=1S/C96H108Cl4N4O8/c1-5-9-13-17-21-25-29-33-37-41-45-101-89(105)61-49-57-58-50-62-74-67(95(111)102(90(62)106)46-42-38-34-30-26-22-18-14-10-6-2)55-71(99)83-84-72(100)56-68-76-64(92(108)104(96(68)112)48-44-40-36-32-28-24-20-16-12-8-4)52-60(80(88(76)84)78(58)86(74)83)59-51-63-75-66(94(110)103(91(63)107)47-43-39-35-31-27-23-19-15-11-7-3)54-70(98)82-81-69(97)53-65(93(101)109)73(61)85(81)77(57)79(59)87(75)82/h49-56H,5-48H2,1-4H3. The fraction of sp³-hybridized carbons (Fsp3) is 0.500. The van der Waals surface area contributed by atoms with Crippen molar-refractivity contribution in [1.29, 1.82) is 0 Å². The van der Waals surface area contributed by atoms with Crippen LogP contribution in [0.15, 0.2) is 86.9 Å². The molecule has 16 heteroatoms. The highest BCUT2D eigenvalue weighted by molar-refractivity contribution is 6.59. The van der Waals surface area contributed by atoms with E-state index in [-0.39, 0.29) is 89.4 Å². The topological polar surface area (TPSA) is 156 Å². The van der Waals surface area contributed by atoms with Gasteiger partial charge in [-0.3, -0.25) is 56.6 Å². The highest BCUT2D eigenvalue weighted by atomic mass is 35.5. The molecule has 112 heavy (non-hydrogen) atoms. The van der Waals surface area contributed by atoms with Gasteiger partial charge in [-0.05, 0) is 117 Å². The van der Waals surface area contributed by atoms with Crippen molar-refractivity contribution in [2.45, 2.75) is 311 Å². The van der Waals surface area contributed by atoms with Crippen LogP contribution in [0.3, 0.4) is 0 Å². The Kier molecular flexibility index (Phi) is 24.9. The molecule has 0 unspecified atom stereocenters. The second kappa shape index (κ2) is 34.9. The summed E-state index contributed by atoms with van der Waals surface area (Å²) in [4.78, 5) is 127. The first-order valence-corrected chi connectivity index (χ1v) is 44.9. The van der Waals surface area contributed by atoms with Gasteiger partial charge in [-0.15, -0.1) is 0 Å². The minimum atomic E-state index is -0.505. The first kappa shape index (κ1) is 79.7. The fourth-order valence-electron chi connectivity index (χ4n) is 20.0. The van der Waals surface area contributed by atoms with E-state index in [1.54, 1.807) is 24.3 Å². The average Bonchev–Trinajstić information content (AvgIpc) is 0.655. The second-order valence-corrected chi connectivity index (χ2v) is 34.9. The Labute approximate surface area is 673 Å². The van der Waals surface area contributed by atoms with E-state index in [2.05, 4.69) is 27.7 Å². The summed E-state index contributed by atoms with van der Waals surface area (Å²) in [6.07, 6.45) is 42.3. The van der Waals surface area contributed by atoms with Crippen LogP contribution < -0.4 is 44.5 Å². The molecular weight excluding hydrogens is 1480 g/mol. The van der Waals surface area contributed by atoms with Crippen molar-refractivity contribution in [3.8, 4) is 0 Å². The summed E-state index contributed by atoms with van der Waals surface area (Å²) in [5.74, 6) is 0. The smallest absolute Gasteiger partial charge is 0.261 e. The predicted molar refractivity (Wildman–Crippen MR) is 479 cm³/mol. The van der Waals surface area contributed by atoms with Crippen molar-refractivity contribution in [2.24, 2.45) is 0 Å². The van der Waals surface area contributed by atoms with Gasteiger partial charge < -0.3 is 0 Å². The molecule has 0 N–H and O–H groups in total. The lowest BCUT2D eigenvalue weighted by molar-refractivity contribution is 0.527. The molecule has 0 radical (unpaired) electrons. The SMILES string of the molecule is CCCCCCCCCCCCn1c(=O)c2cc(Cl)c3c4c(Cl)cc5c(=O)n(CCCCCCCCCCCC)c(=O)c6cc7c8cc9c(=O)n(CCCCCCCCCCCC)c(=O)c%10cc(Cl)c%11c%12c(Cl)cc%13c(=O)n(CCCCCCCCCCCC)c(=O)c%14cc(c%15cc(c1=O)c2c3c%15c7c4c56)c(c8c%11c%109)c%12c%13%14. The summed E-state index contributed by atoms with van der Waals surface area (Å²) in [5.41, 5.74) is -3.98. The van der Waals surface area contributed by atoms with E-state index in [4.69, 9.17) is 46.4 Å². The molecule has 0 bridgehead atoms. The normalized spacial score (nSPS) is 12.7. The molecule has 0 atom stereocenters. The van der Waals surface area contributed by atoms with Crippen molar-refractivity contribution < 1.29 is 0 Å². The molecular formula is C96H108Cl4N4O8. The van der Waals surface area contributed by atoms with Gasteiger partial charge in [0.15, 0.2) is 0 Å². The van der Waals surface area contributed by atoms with Crippen LogP contribution >= 0.6 is 46.4 Å². The Morgan fingerprint density at radius 3 is 0.473 bits per heavy atom. The first-order chi connectivity index (χ1) is 54.6. The number of rotatable bonds is 44. The van der Waals surface area contributed by atoms with Crippen LogP contribution in [-0.4, -0.2) is 18.3 Å². The molecule has 0 aliphatic rings. The van der Waals surface area contributed by atoms with Crippen LogP contribution in [0.1, 0.15) is 285 Å². The Balaban J connectivity index is 1.05. The van der Waals surface area contributed by atoms with Crippen molar-refractivity contribution in [3.63, 3.8) is 0 Å².